The summed E-state index contributed by atoms with van der Waals surface area (Å²) in [5.41, 5.74) is -3.24. The number of ketones is 1. The Labute approximate surface area is 226 Å². The van der Waals surface area contributed by atoms with Crippen molar-refractivity contribution in [3.05, 3.63) is 35.3 Å². The molecule has 1 saturated heterocycles. The van der Waals surface area contributed by atoms with Crippen LogP contribution in [0.25, 0.3) is 0 Å². The molecule has 1 aromatic heterocycles. The van der Waals surface area contributed by atoms with Crippen molar-refractivity contribution >= 4 is 23.7 Å². The number of furan rings is 1. The normalized spacial score (nSPS) is 39.7. The summed E-state index contributed by atoms with van der Waals surface area (Å²) in [4.78, 5) is 52.3. The number of carbonyl (C=O) groups is 4. The van der Waals surface area contributed by atoms with Crippen molar-refractivity contribution in [3.8, 4) is 0 Å². The van der Waals surface area contributed by atoms with Crippen LogP contribution in [0.1, 0.15) is 72.0 Å². The van der Waals surface area contributed by atoms with Gasteiger partial charge in [-0.2, -0.15) is 0 Å². The van der Waals surface area contributed by atoms with E-state index in [1.54, 1.807) is 33.1 Å². The Morgan fingerprint density at radius 1 is 1.18 bits per heavy atom. The molecule has 4 aliphatic rings. The lowest BCUT2D eigenvalue weighted by molar-refractivity contribution is -0.246. The van der Waals surface area contributed by atoms with Crippen LogP contribution in [0, 0.1) is 28.1 Å². The molecule has 2 heterocycles. The third kappa shape index (κ3) is 3.60. The summed E-state index contributed by atoms with van der Waals surface area (Å²) in [6, 6.07) is 1.75. The third-order valence-corrected chi connectivity index (χ3v) is 10.1. The first-order valence-electron chi connectivity index (χ1n) is 13.3. The minimum absolute atomic E-state index is 0.0249. The maximum absolute atomic E-state index is 14.3. The monoisotopic (exact) mass is 544 g/mol. The second-order valence-electron chi connectivity index (χ2n) is 12.6. The van der Waals surface area contributed by atoms with E-state index < -0.39 is 75.7 Å². The Morgan fingerprint density at radius 3 is 2.46 bits per heavy atom. The average Bonchev–Trinajstić information content (AvgIpc) is 3.39. The van der Waals surface area contributed by atoms with Crippen LogP contribution in [0.4, 0.5) is 0 Å². The van der Waals surface area contributed by atoms with Gasteiger partial charge in [0.05, 0.1) is 26.1 Å². The van der Waals surface area contributed by atoms with E-state index in [0.717, 1.165) is 12.7 Å². The van der Waals surface area contributed by atoms with Crippen LogP contribution < -0.4 is 0 Å². The number of fused-ring (bicyclic) bond motifs is 5. The quantitative estimate of drug-likeness (QED) is 0.329. The molecule has 0 amide bonds. The fraction of sp³-hybridized carbons (Fsp3) is 0.655. The van der Waals surface area contributed by atoms with Gasteiger partial charge < -0.3 is 28.8 Å². The highest BCUT2D eigenvalue weighted by Crippen LogP contribution is 2.68. The third-order valence-electron chi connectivity index (χ3n) is 10.1. The number of aliphatic hydroxyl groups is 2. The lowest BCUT2D eigenvalue weighted by atomic mass is 9.39. The number of esters is 3. The van der Waals surface area contributed by atoms with Gasteiger partial charge in [0.25, 0.3) is 0 Å². The molecule has 0 radical (unpaired) electrons. The van der Waals surface area contributed by atoms with Gasteiger partial charge in [-0.25, -0.2) is 4.79 Å². The van der Waals surface area contributed by atoms with Crippen LogP contribution in [0.2, 0.25) is 0 Å². The standard InChI is InChI=1S/C29H36O10/c1-14(30)38-25-26(2,3)21(20(32)23(33)36-6)28(5)17-7-9-27(4)18(16(17)12-29(25,35)24(28)34)11-19(31)39-22(27)15-8-10-37-13-15/h8,10,13,17,20-22,25,32,35H,7,9,11-12H2,1-6H3/t17-,20?,21-,22-,25-,27+,28+,29-/m0/s1. The van der Waals surface area contributed by atoms with Crippen LogP contribution >= 0.6 is 0 Å². The zero-order chi connectivity index (χ0) is 28.7. The molecule has 39 heavy (non-hydrogen) atoms. The van der Waals surface area contributed by atoms with Crippen molar-refractivity contribution in [2.75, 3.05) is 7.11 Å². The van der Waals surface area contributed by atoms with Gasteiger partial charge >= 0.3 is 17.9 Å². The van der Waals surface area contributed by atoms with Gasteiger partial charge in [-0.3, -0.25) is 14.4 Å². The Balaban J connectivity index is 1.76. The Morgan fingerprint density at radius 2 is 1.87 bits per heavy atom. The van der Waals surface area contributed by atoms with Crippen molar-refractivity contribution in [2.24, 2.45) is 28.1 Å². The highest BCUT2D eigenvalue weighted by Gasteiger charge is 2.75. The molecule has 8 atom stereocenters. The van der Waals surface area contributed by atoms with Gasteiger partial charge in [-0.15, -0.1) is 0 Å². The second kappa shape index (κ2) is 8.76. The Hall–Kier alpha value is -2.98. The molecular weight excluding hydrogens is 508 g/mol. The molecule has 3 fully saturated rings. The molecule has 212 valence electrons. The van der Waals surface area contributed by atoms with Gasteiger partial charge in [0, 0.05) is 41.1 Å². The number of rotatable bonds is 4. The number of carbonyl (C=O) groups excluding carboxylic acids is 4. The number of aliphatic hydroxyl groups excluding tert-OH is 1. The molecule has 10 nitrogen and oxygen atoms in total. The van der Waals surface area contributed by atoms with Crippen LogP contribution in [-0.2, 0) is 33.4 Å². The molecule has 2 N–H and O–H groups in total. The van der Waals surface area contributed by atoms with E-state index >= 15 is 0 Å². The van der Waals surface area contributed by atoms with E-state index in [1.165, 1.54) is 13.2 Å². The van der Waals surface area contributed by atoms with Gasteiger partial charge in [0.1, 0.15) is 12.2 Å². The smallest absolute Gasteiger partial charge is 0.335 e. The van der Waals surface area contributed by atoms with E-state index in [2.05, 4.69) is 0 Å². The van der Waals surface area contributed by atoms with Gasteiger partial charge in [-0.05, 0) is 30.4 Å². The first-order valence-corrected chi connectivity index (χ1v) is 13.3. The zero-order valence-electron chi connectivity index (χ0n) is 23.1. The molecular formula is C29H36O10. The summed E-state index contributed by atoms with van der Waals surface area (Å²) >= 11 is 0. The van der Waals surface area contributed by atoms with Crippen LogP contribution in [0.15, 0.2) is 34.2 Å². The Bertz CT molecular complexity index is 1260. The highest BCUT2D eigenvalue weighted by molar-refractivity contribution is 5.98. The van der Waals surface area contributed by atoms with Gasteiger partial charge in [0.2, 0.25) is 0 Å². The minimum Gasteiger partial charge on any atom is -0.472 e. The minimum atomic E-state index is -2.14. The summed E-state index contributed by atoms with van der Waals surface area (Å²) < 4.78 is 21.6. The van der Waals surface area contributed by atoms with Crippen molar-refractivity contribution in [2.45, 2.75) is 84.2 Å². The molecule has 10 heteroatoms. The van der Waals surface area contributed by atoms with E-state index in [4.69, 9.17) is 18.6 Å². The van der Waals surface area contributed by atoms with E-state index in [0.29, 0.717) is 24.0 Å². The summed E-state index contributed by atoms with van der Waals surface area (Å²) in [5, 5.41) is 23.6. The molecule has 5 rings (SSSR count). The first-order chi connectivity index (χ1) is 18.1. The lowest BCUT2D eigenvalue weighted by Gasteiger charge is -2.66. The van der Waals surface area contributed by atoms with Crippen molar-refractivity contribution in [3.63, 3.8) is 0 Å². The number of hydrogen-bond acceptors (Lipinski definition) is 10. The predicted molar refractivity (Wildman–Crippen MR) is 134 cm³/mol. The van der Waals surface area contributed by atoms with Crippen LogP contribution in [-0.4, -0.2) is 58.8 Å². The molecule has 3 aliphatic carbocycles. The van der Waals surface area contributed by atoms with E-state index in [1.807, 2.05) is 6.92 Å². The van der Waals surface area contributed by atoms with Crippen LogP contribution in [0.5, 0.6) is 0 Å². The fourth-order valence-corrected chi connectivity index (χ4v) is 8.67. The topological polar surface area (TPSA) is 150 Å². The van der Waals surface area contributed by atoms with Gasteiger partial charge in [-0.1, -0.05) is 33.3 Å². The maximum atomic E-state index is 14.3. The SMILES string of the molecule is COC(=O)C(O)[C@H]1C(C)(C)[C@H](OC(C)=O)[C@]2(O)CC3=C4CC(=O)O[C@@H](c5ccoc5)[C@]4(C)CC[C@@H]3[C@@]1(C)C2=O. The molecule has 1 aromatic rings. The first kappa shape index (κ1) is 27.6. The number of Topliss-reactive ketones (excluding diaryl/α,β-unsaturated/α-hetero) is 1. The fourth-order valence-electron chi connectivity index (χ4n) is 8.67. The predicted octanol–water partition coefficient (Wildman–Crippen LogP) is 2.81. The van der Waals surface area contributed by atoms with Crippen molar-refractivity contribution in [1.82, 2.24) is 0 Å². The Kier molecular flexibility index (Phi) is 6.20. The second-order valence-corrected chi connectivity index (χ2v) is 12.6. The summed E-state index contributed by atoms with van der Waals surface area (Å²) in [6.07, 6.45) is 0.208. The molecule has 2 bridgehead atoms. The van der Waals surface area contributed by atoms with E-state index in [-0.39, 0.29) is 12.8 Å². The van der Waals surface area contributed by atoms with Crippen molar-refractivity contribution in [1.29, 1.82) is 0 Å². The largest absolute Gasteiger partial charge is 0.472 e. The molecule has 0 spiro atoms. The number of ether oxygens (including phenoxy) is 3. The number of methoxy groups -OCH3 is 1. The van der Waals surface area contributed by atoms with E-state index in [9.17, 15) is 29.4 Å². The summed E-state index contributed by atoms with van der Waals surface area (Å²) in [7, 11) is 1.15. The highest BCUT2D eigenvalue weighted by atomic mass is 16.6. The molecule has 1 aliphatic heterocycles. The van der Waals surface area contributed by atoms with Gasteiger partial charge in [0.15, 0.2) is 17.5 Å². The van der Waals surface area contributed by atoms with Crippen LogP contribution in [0.3, 0.4) is 0 Å². The molecule has 1 unspecified atom stereocenters. The van der Waals surface area contributed by atoms with Crippen molar-refractivity contribution < 1.29 is 48.0 Å². The maximum Gasteiger partial charge on any atom is 0.335 e. The summed E-state index contributed by atoms with van der Waals surface area (Å²) in [6.45, 7) is 8.23. The summed E-state index contributed by atoms with van der Waals surface area (Å²) in [5.74, 6) is -4.21. The lowest BCUT2D eigenvalue weighted by Crippen LogP contribution is -2.76. The average molecular weight is 545 g/mol. The zero-order valence-corrected chi connectivity index (χ0v) is 23.1. The number of cyclic esters (lactones) is 1. The molecule has 2 saturated carbocycles. The number of hydrogen-bond donors (Lipinski definition) is 2. The molecule has 0 aromatic carbocycles.